The van der Waals surface area contributed by atoms with Crippen LogP contribution in [0.25, 0.3) is 0 Å². The van der Waals surface area contributed by atoms with Crippen molar-refractivity contribution in [3.8, 4) is 0 Å². The first-order valence-corrected chi connectivity index (χ1v) is 6.07. The molecule has 1 aliphatic carbocycles. The van der Waals surface area contributed by atoms with E-state index in [1.807, 2.05) is 0 Å². The smallest absolute Gasteiger partial charge is 0.0739 e. The molecule has 4 heteroatoms. The first-order valence-electron chi connectivity index (χ1n) is 5.28. The van der Waals surface area contributed by atoms with Gasteiger partial charge in [0.2, 0.25) is 0 Å². The van der Waals surface area contributed by atoms with Gasteiger partial charge in [0, 0.05) is 9.89 Å². The van der Waals surface area contributed by atoms with E-state index in [2.05, 4.69) is 50.4 Å². The van der Waals surface area contributed by atoms with Crippen molar-refractivity contribution < 1.29 is 0 Å². The molecule has 1 heterocycles. The molecular weight excluding hydrogens is 266 g/mol. The van der Waals surface area contributed by atoms with E-state index in [4.69, 9.17) is 5.73 Å². The molecule has 16 heavy (non-hydrogen) atoms. The number of hydrogen-bond donors (Lipinski definition) is 2. The third kappa shape index (κ3) is 1.37. The van der Waals surface area contributed by atoms with Crippen LogP contribution in [0.1, 0.15) is 24.1 Å². The average Bonchev–Trinajstić information content (AvgIpc) is 2.97. The van der Waals surface area contributed by atoms with Crippen LogP contribution in [0.2, 0.25) is 0 Å². The molecule has 1 saturated carbocycles. The summed E-state index contributed by atoms with van der Waals surface area (Å²) in [4.78, 5) is 0. The highest BCUT2D eigenvalue weighted by Gasteiger charge is 2.48. The number of benzene rings is 1. The molecule has 0 spiro atoms. The van der Waals surface area contributed by atoms with Crippen molar-refractivity contribution in [3.63, 3.8) is 0 Å². The van der Waals surface area contributed by atoms with Gasteiger partial charge in [0.05, 0.1) is 17.6 Å². The van der Waals surface area contributed by atoms with E-state index in [-0.39, 0.29) is 5.41 Å². The topological polar surface area (TPSA) is 54.7 Å². The number of aromatic amines is 1. The maximum absolute atomic E-state index is 5.93. The van der Waals surface area contributed by atoms with Gasteiger partial charge in [-0.1, -0.05) is 28.1 Å². The molecule has 0 amide bonds. The summed E-state index contributed by atoms with van der Waals surface area (Å²) < 4.78 is 1.10. The zero-order valence-electron chi connectivity index (χ0n) is 8.70. The van der Waals surface area contributed by atoms with Crippen molar-refractivity contribution in [1.82, 2.24) is 10.2 Å². The van der Waals surface area contributed by atoms with Gasteiger partial charge in [-0.3, -0.25) is 5.10 Å². The SMILES string of the molecule is Nc1cn[nH]c1C1(c2ccc(Br)cc2)CC1. The van der Waals surface area contributed by atoms with Crippen molar-refractivity contribution in [2.45, 2.75) is 18.3 Å². The number of rotatable bonds is 2. The lowest BCUT2D eigenvalue weighted by atomic mass is 9.92. The molecule has 0 radical (unpaired) electrons. The second-order valence-electron chi connectivity index (χ2n) is 4.29. The molecule has 3 rings (SSSR count). The van der Waals surface area contributed by atoms with Gasteiger partial charge in [-0.25, -0.2) is 0 Å². The van der Waals surface area contributed by atoms with Crippen LogP contribution < -0.4 is 5.73 Å². The fraction of sp³-hybridized carbons (Fsp3) is 0.250. The number of hydrogen-bond acceptors (Lipinski definition) is 2. The van der Waals surface area contributed by atoms with E-state index in [9.17, 15) is 0 Å². The van der Waals surface area contributed by atoms with E-state index in [1.165, 1.54) is 5.56 Å². The number of nitrogen functional groups attached to an aromatic ring is 1. The van der Waals surface area contributed by atoms with Crippen LogP contribution in [0.5, 0.6) is 0 Å². The van der Waals surface area contributed by atoms with Crippen LogP contribution in [-0.4, -0.2) is 10.2 Å². The summed E-state index contributed by atoms with van der Waals surface area (Å²) in [6, 6.07) is 8.44. The Morgan fingerprint density at radius 1 is 1.25 bits per heavy atom. The van der Waals surface area contributed by atoms with E-state index in [0.29, 0.717) is 0 Å². The summed E-state index contributed by atoms with van der Waals surface area (Å²) in [5.74, 6) is 0. The number of halogens is 1. The molecule has 0 aliphatic heterocycles. The van der Waals surface area contributed by atoms with Crippen LogP contribution in [0.3, 0.4) is 0 Å². The van der Waals surface area contributed by atoms with Crippen LogP contribution in [-0.2, 0) is 5.41 Å². The first kappa shape index (κ1) is 9.90. The number of nitrogens with zero attached hydrogens (tertiary/aromatic N) is 1. The van der Waals surface area contributed by atoms with Gasteiger partial charge < -0.3 is 5.73 Å². The van der Waals surface area contributed by atoms with E-state index < -0.39 is 0 Å². The zero-order chi connectivity index (χ0) is 11.2. The summed E-state index contributed by atoms with van der Waals surface area (Å²) in [7, 11) is 0. The molecule has 1 aliphatic rings. The molecule has 3 nitrogen and oxygen atoms in total. The maximum Gasteiger partial charge on any atom is 0.0739 e. The minimum atomic E-state index is 0.0846. The van der Waals surface area contributed by atoms with Gasteiger partial charge in [-0.15, -0.1) is 0 Å². The summed E-state index contributed by atoms with van der Waals surface area (Å²) in [5, 5.41) is 7.05. The minimum absolute atomic E-state index is 0.0846. The van der Waals surface area contributed by atoms with Crippen LogP contribution >= 0.6 is 15.9 Å². The quantitative estimate of drug-likeness (QED) is 0.887. The maximum atomic E-state index is 5.93. The number of aromatic nitrogens is 2. The van der Waals surface area contributed by atoms with E-state index in [0.717, 1.165) is 28.7 Å². The fourth-order valence-electron chi connectivity index (χ4n) is 2.26. The van der Waals surface area contributed by atoms with Crippen molar-refractivity contribution in [2.75, 3.05) is 5.73 Å². The predicted molar refractivity (Wildman–Crippen MR) is 67.2 cm³/mol. The Bertz CT molecular complexity index is 511. The highest BCUT2D eigenvalue weighted by molar-refractivity contribution is 9.10. The molecule has 1 aromatic carbocycles. The van der Waals surface area contributed by atoms with Gasteiger partial charge in [0.25, 0.3) is 0 Å². The molecule has 3 N–H and O–H groups in total. The molecule has 0 saturated heterocycles. The third-order valence-electron chi connectivity index (χ3n) is 3.29. The van der Waals surface area contributed by atoms with Gasteiger partial charge >= 0.3 is 0 Å². The second-order valence-corrected chi connectivity index (χ2v) is 5.21. The molecule has 2 aromatic rings. The van der Waals surface area contributed by atoms with Gasteiger partial charge in [-0.05, 0) is 30.5 Å². The van der Waals surface area contributed by atoms with Crippen molar-refractivity contribution >= 4 is 21.6 Å². The third-order valence-corrected chi connectivity index (χ3v) is 3.82. The van der Waals surface area contributed by atoms with Gasteiger partial charge in [-0.2, -0.15) is 5.10 Å². The monoisotopic (exact) mass is 277 g/mol. The Hall–Kier alpha value is -1.29. The van der Waals surface area contributed by atoms with Gasteiger partial charge in [0.15, 0.2) is 0 Å². The minimum Gasteiger partial charge on any atom is -0.396 e. The number of nitrogens with two attached hydrogens (primary N) is 1. The molecule has 1 aromatic heterocycles. The molecule has 0 atom stereocenters. The molecule has 0 bridgehead atoms. The number of nitrogens with one attached hydrogen (secondary N) is 1. The lowest BCUT2D eigenvalue weighted by Gasteiger charge is -2.14. The van der Waals surface area contributed by atoms with Crippen molar-refractivity contribution in [2.24, 2.45) is 0 Å². The fourth-order valence-corrected chi connectivity index (χ4v) is 2.52. The standard InChI is InChI=1S/C12H12BrN3/c13-9-3-1-8(2-4-9)12(5-6-12)11-10(14)7-15-16-11/h1-4,7H,5-6,14H2,(H,15,16). The number of anilines is 1. The van der Waals surface area contributed by atoms with Gasteiger partial charge in [0.1, 0.15) is 0 Å². The summed E-state index contributed by atoms with van der Waals surface area (Å²) in [6.07, 6.45) is 3.97. The molecule has 0 unspecified atom stereocenters. The largest absolute Gasteiger partial charge is 0.396 e. The zero-order valence-corrected chi connectivity index (χ0v) is 10.3. The Morgan fingerprint density at radius 3 is 2.44 bits per heavy atom. The highest BCUT2D eigenvalue weighted by Crippen LogP contribution is 2.54. The molecule has 1 fully saturated rings. The highest BCUT2D eigenvalue weighted by atomic mass is 79.9. The van der Waals surface area contributed by atoms with E-state index in [1.54, 1.807) is 6.20 Å². The lowest BCUT2D eigenvalue weighted by Crippen LogP contribution is -2.11. The molecular formula is C12H12BrN3. The first-order chi connectivity index (χ1) is 7.72. The van der Waals surface area contributed by atoms with Crippen molar-refractivity contribution in [3.05, 3.63) is 46.2 Å². The van der Waals surface area contributed by atoms with Crippen molar-refractivity contribution in [1.29, 1.82) is 0 Å². The Labute approximate surface area is 102 Å². The van der Waals surface area contributed by atoms with Crippen LogP contribution in [0, 0.1) is 0 Å². The predicted octanol–water partition coefficient (Wildman–Crippen LogP) is 2.83. The Balaban J connectivity index is 2.06. The van der Waals surface area contributed by atoms with Crippen LogP contribution in [0.15, 0.2) is 34.9 Å². The second kappa shape index (κ2) is 3.35. The van der Waals surface area contributed by atoms with Crippen LogP contribution in [0.4, 0.5) is 5.69 Å². The number of H-pyrrole nitrogens is 1. The normalized spacial score (nSPS) is 17.3. The Kier molecular flexibility index (Phi) is 2.07. The summed E-state index contributed by atoms with van der Waals surface area (Å²) >= 11 is 3.45. The molecule has 82 valence electrons. The van der Waals surface area contributed by atoms with E-state index >= 15 is 0 Å². The Morgan fingerprint density at radius 2 is 1.94 bits per heavy atom. The summed E-state index contributed by atoms with van der Waals surface area (Å²) in [5.41, 5.74) is 9.16. The summed E-state index contributed by atoms with van der Waals surface area (Å²) in [6.45, 7) is 0. The lowest BCUT2D eigenvalue weighted by molar-refractivity contribution is 0.794. The average molecular weight is 278 g/mol.